The van der Waals surface area contributed by atoms with E-state index < -0.39 is 5.41 Å². The molecule has 2 fully saturated rings. The van der Waals surface area contributed by atoms with Gasteiger partial charge < -0.3 is 9.47 Å². The molecule has 2 aliphatic heterocycles. The van der Waals surface area contributed by atoms with Gasteiger partial charge in [-0.05, 0) is 50.2 Å². The molecule has 6 rings (SSSR count). The van der Waals surface area contributed by atoms with E-state index in [0.717, 1.165) is 54.1 Å². The third kappa shape index (κ3) is 2.32. The Morgan fingerprint density at radius 3 is 2.97 bits per heavy atom. The van der Waals surface area contributed by atoms with Crippen LogP contribution in [-0.4, -0.2) is 31.6 Å². The quantitative estimate of drug-likeness (QED) is 0.692. The minimum atomic E-state index is -0.833. The Hall–Kier alpha value is -3.14. The van der Waals surface area contributed by atoms with Crippen LogP contribution < -0.4 is 4.90 Å². The summed E-state index contributed by atoms with van der Waals surface area (Å²) in [7, 11) is 0. The summed E-state index contributed by atoms with van der Waals surface area (Å²) in [5.41, 5.74) is 3.07. The fraction of sp³-hybridized carbons (Fsp3) is 0.455. The van der Waals surface area contributed by atoms with Crippen LogP contribution in [0.1, 0.15) is 37.9 Å². The predicted molar refractivity (Wildman–Crippen MR) is 107 cm³/mol. The Morgan fingerprint density at radius 1 is 1.24 bits per heavy atom. The van der Waals surface area contributed by atoms with E-state index in [-0.39, 0.29) is 11.8 Å². The Balaban J connectivity index is 1.43. The highest BCUT2D eigenvalue weighted by atomic mass is 16.2. The molecule has 0 N–H and O–H groups in total. The number of fused-ring (bicyclic) bond motifs is 2. The van der Waals surface area contributed by atoms with Crippen LogP contribution in [0.3, 0.4) is 0 Å². The maximum Gasteiger partial charge on any atom is 0.247 e. The minimum Gasteiger partial charge on any atom is -0.328 e. The molecule has 1 saturated heterocycles. The van der Waals surface area contributed by atoms with Crippen LogP contribution in [0.2, 0.25) is 0 Å². The van der Waals surface area contributed by atoms with Gasteiger partial charge in [-0.1, -0.05) is 0 Å². The van der Waals surface area contributed by atoms with Crippen LogP contribution in [0, 0.1) is 22.7 Å². The van der Waals surface area contributed by atoms with Crippen LogP contribution >= 0.6 is 0 Å². The summed E-state index contributed by atoms with van der Waals surface area (Å²) in [4.78, 5) is 19.7. The largest absolute Gasteiger partial charge is 0.328 e. The summed E-state index contributed by atoms with van der Waals surface area (Å²) in [5, 5.41) is 14.3. The molecule has 7 nitrogen and oxygen atoms in total. The van der Waals surface area contributed by atoms with Crippen molar-refractivity contribution in [3.05, 3.63) is 36.5 Å². The molecule has 1 amide bonds. The van der Waals surface area contributed by atoms with Crippen molar-refractivity contribution in [1.82, 2.24) is 19.2 Å². The lowest BCUT2D eigenvalue weighted by Crippen LogP contribution is -2.35. The number of carbonyl (C=O) groups is 1. The van der Waals surface area contributed by atoms with Gasteiger partial charge >= 0.3 is 0 Å². The average molecular weight is 386 g/mol. The summed E-state index contributed by atoms with van der Waals surface area (Å²) in [6.45, 7) is 1.58. The fourth-order valence-corrected chi connectivity index (χ4v) is 5.13. The van der Waals surface area contributed by atoms with E-state index in [9.17, 15) is 10.1 Å². The highest BCUT2D eigenvalue weighted by Gasteiger charge is 2.57. The third-order valence-electron chi connectivity index (χ3n) is 6.87. The molecule has 5 heterocycles. The van der Waals surface area contributed by atoms with Gasteiger partial charge in [-0.15, -0.1) is 0 Å². The zero-order valence-corrected chi connectivity index (χ0v) is 16.2. The monoisotopic (exact) mass is 386 g/mol. The van der Waals surface area contributed by atoms with E-state index >= 15 is 0 Å². The number of amides is 1. The maximum absolute atomic E-state index is 13.3. The van der Waals surface area contributed by atoms with Gasteiger partial charge in [-0.3, -0.25) is 4.79 Å². The van der Waals surface area contributed by atoms with Crippen molar-refractivity contribution in [2.45, 2.75) is 45.1 Å². The topological polar surface area (TPSA) is 79.2 Å². The molecule has 7 heteroatoms. The number of aryl methyl sites for hydroxylation is 1. The van der Waals surface area contributed by atoms with Gasteiger partial charge in [0.05, 0.1) is 29.2 Å². The van der Waals surface area contributed by atoms with Crippen molar-refractivity contribution >= 4 is 17.1 Å². The second kappa shape index (κ2) is 5.93. The van der Waals surface area contributed by atoms with E-state index in [0.29, 0.717) is 13.0 Å². The standard InChI is InChI=1S/C22H22N6O/c23-14-22(16-4-5-16)7-10-27(21(22)29)17-6-8-25-28-13-15(11-18(17)28)19-12-24-20-3-1-2-9-26(19)20/h6,8,11-13,16H,1-5,7,9-10H2/t22-/m1/s1. The number of aromatic nitrogens is 4. The second-order valence-electron chi connectivity index (χ2n) is 8.51. The summed E-state index contributed by atoms with van der Waals surface area (Å²) >= 11 is 0. The minimum absolute atomic E-state index is 0.0416. The number of rotatable bonds is 3. The first-order chi connectivity index (χ1) is 14.2. The molecule has 0 bridgehead atoms. The van der Waals surface area contributed by atoms with E-state index in [1.54, 1.807) is 11.1 Å². The van der Waals surface area contributed by atoms with Gasteiger partial charge in [0.1, 0.15) is 11.2 Å². The van der Waals surface area contributed by atoms with Crippen LogP contribution in [0.15, 0.2) is 30.7 Å². The maximum atomic E-state index is 13.3. The predicted octanol–water partition coefficient (Wildman–Crippen LogP) is 3.19. The van der Waals surface area contributed by atoms with E-state index in [1.165, 1.54) is 12.8 Å². The first-order valence-electron chi connectivity index (χ1n) is 10.5. The van der Waals surface area contributed by atoms with Gasteiger partial charge in [0, 0.05) is 37.5 Å². The molecule has 3 aliphatic rings. The van der Waals surface area contributed by atoms with Crippen molar-refractivity contribution in [3.8, 4) is 17.3 Å². The van der Waals surface area contributed by atoms with Crippen molar-refractivity contribution < 1.29 is 4.79 Å². The van der Waals surface area contributed by atoms with Gasteiger partial charge in [0.25, 0.3) is 0 Å². The number of hydrogen-bond acceptors (Lipinski definition) is 4. The molecule has 3 aromatic heterocycles. The number of nitriles is 1. The first kappa shape index (κ1) is 16.8. The lowest BCUT2D eigenvalue weighted by molar-refractivity contribution is -0.123. The Bertz CT molecular complexity index is 1180. The summed E-state index contributed by atoms with van der Waals surface area (Å²) in [6, 6.07) is 6.36. The lowest BCUT2D eigenvalue weighted by Gasteiger charge is -2.21. The Morgan fingerprint density at radius 2 is 2.14 bits per heavy atom. The normalized spacial score (nSPS) is 24.1. The van der Waals surface area contributed by atoms with Crippen molar-refractivity contribution in [2.24, 2.45) is 11.3 Å². The van der Waals surface area contributed by atoms with Gasteiger partial charge in [0.15, 0.2) is 0 Å². The molecule has 1 aliphatic carbocycles. The van der Waals surface area contributed by atoms with Crippen molar-refractivity contribution in [2.75, 3.05) is 11.4 Å². The molecule has 0 aromatic carbocycles. The summed E-state index contributed by atoms with van der Waals surface area (Å²) in [6.07, 6.45) is 11.7. The number of imidazole rings is 1. The number of carbonyl (C=O) groups excluding carboxylic acids is 1. The summed E-state index contributed by atoms with van der Waals surface area (Å²) < 4.78 is 4.14. The molecule has 1 atom stereocenters. The molecule has 3 aromatic rings. The highest BCUT2D eigenvalue weighted by molar-refractivity contribution is 6.05. The number of anilines is 1. The van der Waals surface area contributed by atoms with Crippen LogP contribution in [0.25, 0.3) is 16.8 Å². The molecular formula is C22H22N6O. The second-order valence-corrected chi connectivity index (χ2v) is 8.51. The van der Waals surface area contributed by atoms with E-state index in [1.807, 2.05) is 23.0 Å². The Labute approximate surface area is 168 Å². The van der Waals surface area contributed by atoms with Crippen LogP contribution in [0.4, 0.5) is 5.69 Å². The molecule has 1 saturated carbocycles. The zero-order valence-electron chi connectivity index (χ0n) is 16.2. The molecule has 0 radical (unpaired) electrons. The first-order valence-corrected chi connectivity index (χ1v) is 10.5. The summed E-state index contributed by atoms with van der Waals surface area (Å²) in [5.74, 6) is 1.33. The zero-order chi connectivity index (χ0) is 19.6. The molecular weight excluding hydrogens is 364 g/mol. The molecule has 29 heavy (non-hydrogen) atoms. The van der Waals surface area contributed by atoms with Gasteiger partial charge in [-0.2, -0.15) is 10.4 Å². The van der Waals surface area contributed by atoms with E-state index in [4.69, 9.17) is 0 Å². The number of hydrogen-bond donors (Lipinski definition) is 0. The number of nitrogens with zero attached hydrogens (tertiary/aromatic N) is 6. The fourth-order valence-electron chi connectivity index (χ4n) is 5.13. The lowest BCUT2D eigenvalue weighted by atomic mass is 9.83. The molecule has 0 spiro atoms. The molecule has 146 valence electrons. The van der Waals surface area contributed by atoms with Crippen LogP contribution in [0.5, 0.6) is 0 Å². The highest BCUT2D eigenvalue weighted by Crippen LogP contribution is 2.52. The van der Waals surface area contributed by atoms with Crippen molar-refractivity contribution in [1.29, 1.82) is 5.26 Å². The van der Waals surface area contributed by atoms with E-state index in [2.05, 4.69) is 26.8 Å². The van der Waals surface area contributed by atoms with Gasteiger partial charge in [0.2, 0.25) is 5.91 Å². The van der Waals surface area contributed by atoms with Crippen LogP contribution in [-0.2, 0) is 17.8 Å². The SMILES string of the molecule is N#C[C@@]1(C2CC2)CCN(c2ccnn3cc(-c4cnc5n4CCCC5)cc23)C1=O. The molecule has 0 unspecified atom stereocenters. The van der Waals surface area contributed by atoms with Crippen molar-refractivity contribution in [3.63, 3.8) is 0 Å². The van der Waals surface area contributed by atoms with Gasteiger partial charge in [-0.25, -0.2) is 9.50 Å². The third-order valence-corrected chi connectivity index (χ3v) is 6.87. The Kier molecular flexibility index (Phi) is 3.43. The smallest absolute Gasteiger partial charge is 0.247 e. The average Bonchev–Trinajstić information content (AvgIpc) is 3.23.